The Morgan fingerprint density at radius 3 is 2.68 bits per heavy atom. The number of hydrogen-bond donors (Lipinski definition) is 1. The number of nitrogens with zero attached hydrogens (tertiary/aromatic N) is 3. The molecule has 0 radical (unpaired) electrons. The van der Waals surface area contributed by atoms with Gasteiger partial charge in [-0.05, 0) is 55.8 Å². The smallest absolute Gasteiger partial charge is 0.243 e. The Morgan fingerprint density at radius 1 is 1.24 bits per heavy atom. The molecule has 130 valence electrons. The minimum atomic E-state index is -0.00419. The van der Waals surface area contributed by atoms with Crippen LogP contribution in [-0.4, -0.2) is 35.1 Å². The molecule has 3 rings (SSSR count). The highest BCUT2D eigenvalue weighted by Crippen LogP contribution is 2.20. The number of amides is 1. The molecule has 1 saturated heterocycles. The highest BCUT2D eigenvalue weighted by Gasteiger charge is 2.24. The van der Waals surface area contributed by atoms with Gasteiger partial charge in [0.15, 0.2) is 0 Å². The number of likely N-dealkylation sites (tertiary alicyclic amines) is 1. The average molecular weight is 401 g/mol. The van der Waals surface area contributed by atoms with Gasteiger partial charge in [-0.2, -0.15) is 5.10 Å². The molecule has 1 fully saturated rings. The molecule has 0 aliphatic carbocycles. The van der Waals surface area contributed by atoms with Crippen LogP contribution in [-0.2, 0) is 11.3 Å². The van der Waals surface area contributed by atoms with Crippen LogP contribution in [0.4, 0.5) is 0 Å². The van der Waals surface area contributed by atoms with Crippen LogP contribution in [0, 0.1) is 5.92 Å². The minimum Gasteiger partial charge on any atom is -0.299 e. The summed E-state index contributed by atoms with van der Waals surface area (Å²) < 4.78 is 1.10. The Bertz CT molecular complexity index is 710. The van der Waals surface area contributed by atoms with Crippen molar-refractivity contribution in [3.8, 4) is 0 Å². The molecule has 0 atom stereocenters. The molecule has 2 aromatic rings. The zero-order chi connectivity index (χ0) is 17.5. The first kappa shape index (κ1) is 17.8. The standard InChI is InChI=1S/C19H21BrN4O/c20-17-6-4-15(5-7-17)14-24-11-8-16(9-12-24)19(25)23-22-13-18-3-1-2-10-21-18/h1-7,10,13,16H,8-9,11-12,14H2,(H,23,25). The van der Waals surface area contributed by atoms with E-state index in [1.54, 1.807) is 12.4 Å². The van der Waals surface area contributed by atoms with Crippen LogP contribution in [0.1, 0.15) is 24.1 Å². The first-order valence-electron chi connectivity index (χ1n) is 8.41. The predicted octanol–water partition coefficient (Wildman–Crippen LogP) is 3.21. The van der Waals surface area contributed by atoms with Crippen molar-refractivity contribution in [3.05, 3.63) is 64.4 Å². The predicted molar refractivity (Wildman–Crippen MR) is 102 cm³/mol. The van der Waals surface area contributed by atoms with E-state index in [1.807, 2.05) is 18.2 Å². The van der Waals surface area contributed by atoms with E-state index in [0.717, 1.165) is 42.6 Å². The van der Waals surface area contributed by atoms with Crippen molar-refractivity contribution in [1.29, 1.82) is 0 Å². The lowest BCUT2D eigenvalue weighted by atomic mass is 9.96. The summed E-state index contributed by atoms with van der Waals surface area (Å²) in [7, 11) is 0. The average Bonchev–Trinajstić information content (AvgIpc) is 2.65. The third kappa shape index (κ3) is 5.47. The summed E-state index contributed by atoms with van der Waals surface area (Å²) in [5, 5.41) is 4.01. The summed E-state index contributed by atoms with van der Waals surface area (Å²) in [5.74, 6) is 0.0255. The number of pyridine rings is 1. The molecule has 0 unspecified atom stereocenters. The molecule has 1 aliphatic heterocycles. The van der Waals surface area contributed by atoms with Crippen LogP contribution < -0.4 is 5.43 Å². The van der Waals surface area contributed by atoms with E-state index in [2.05, 4.69) is 60.6 Å². The maximum Gasteiger partial charge on any atom is 0.243 e. The topological polar surface area (TPSA) is 57.6 Å². The number of hydrazone groups is 1. The van der Waals surface area contributed by atoms with Gasteiger partial charge in [0.25, 0.3) is 0 Å². The van der Waals surface area contributed by atoms with E-state index >= 15 is 0 Å². The number of piperidine rings is 1. The minimum absolute atomic E-state index is 0.00419. The fourth-order valence-electron chi connectivity index (χ4n) is 2.91. The molecule has 0 bridgehead atoms. The zero-order valence-electron chi connectivity index (χ0n) is 13.9. The van der Waals surface area contributed by atoms with Gasteiger partial charge < -0.3 is 0 Å². The number of carbonyl (C=O) groups excluding carboxylic acids is 1. The van der Waals surface area contributed by atoms with Crippen molar-refractivity contribution in [1.82, 2.24) is 15.3 Å². The second-order valence-corrected chi connectivity index (χ2v) is 7.08. The van der Waals surface area contributed by atoms with Gasteiger partial charge >= 0.3 is 0 Å². The second-order valence-electron chi connectivity index (χ2n) is 6.17. The highest BCUT2D eigenvalue weighted by molar-refractivity contribution is 9.10. The fraction of sp³-hybridized carbons (Fsp3) is 0.316. The molecule has 0 saturated carbocycles. The van der Waals surface area contributed by atoms with Crippen molar-refractivity contribution in [2.45, 2.75) is 19.4 Å². The van der Waals surface area contributed by atoms with Gasteiger partial charge in [0.2, 0.25) is 5.91 Å². The summed E-state index contributed by atoms with van der Waals surface area (Å²) in [6.45, 7) is 2.79. The molecular weight excluding hydrogens is 380 g/mol. The summed E-state index contributed by atoms with van der Waals surface area (Å²) in [5.41, 5.74) is 4.66. The lowest BCUT2D eigenvalue weighted by molar-refractivity contribution is -0.126. The monoisotopic (exact) mass is 400 g/mol. The van der Waals surface area contributed by atoms with Gasteiger partial charge in [-0.15, -0.1) is 0 Å². The molecule has 1 aliphatic rings. The summed E-state index contributed by atoms with van der Waals surface area (Å²) >= 11 is 3.46. The van der Waals surface area contributed by atoms with E-state index in [1.165, 1.54) is 5.56 Å². The number of aromatic nitrogens is 1. The molecule has 25 heavy (non-hydrogen) atoms. The number of benzene rings is 1. The van der Waals surface area contributed by atoms with Crippen molar-refractivity contribution < 1.29 is 4.79 Å². The lowest BCUT2D eigenvalue weighted by Crippen LogP contribution is -2.39. The van der Waals surface area contributed by atoms with E-state index in [0.29, 0.717) is 0 Å². The Labute approximate surface area is 156 Å². The molecule has 5 nitrogen and oxygen atoms in total. The third-order valence-electron chi connectivity index (χ3n) is 4.34. The number of halogens is 1. The van der Waals surface area contributed by atoms with Gasteiger partial charge in [0, 0.05) is 23.1 Å². The summed E-state index contributed by atoms with van der Waals surface area (Å²) in [6, 6.07) is 14.0. The van der Waals surface area contributed by atoms with Gasteiger partial charge in [0.1, 0.15) is 0 Å². The Balaban J connectivity index is 1.43. The first-order chi connectivity index (χ1) is 12.2. The highest BCUT2D eigenvalue weighted by atomic mass is 79.9. The maximum absolute atomic E-state index is 12.2. The van der Waals surface area contributed by atoms with Gasteiger partial charge in [0.05, 0.1) is 11.9 Å². The number of hydrogen-bond acceptors (Lipinski definition) is 4. The Morgan fingerprint density at radius 2 is 2.00 bits per heavy atom. The van der Waals surface area contributed by atoms with Crippen LogP contribution in [0.25, 0.3) is 0 Å². The molecule has 1 aromatic heterocycles. The number of rotatable bonds is 5. The van der Waals surface area contributed by atoms with Crippen molar-refractivity contribution in [3.63, 3.8) is 0 Å². The quantitative estimate of drug-likeness (QED) is 0.619. The van der Waals surface area contributed by atoms with Gasteiger partial charge in [-0.3, -0.25) is 14.7 Å². The number of nitrogens with one attached hydrogen (secondary N) is 1. The van der Waals surface area contributed by atoms with Gasteiger partial charge in [-0.25, -0.2) is 5.43 Å². The van der Waals surface area contributed by atoms with E-state index in [9.17, 15) is 4.79 Å². The van der Waals surface area contributed by atoms with E-state index < -0.39 is 0 Å². The van der Waals surface area contributed by atoms with Crippen molar-refractivity contribution >= 4 is 28.1 Å². The SMILES string of the molecule is O=C(NN=Cc1ccccn1)C1CCN(Cc2ccc(Br)cc2)CC1. The summed E-state index contributed by atoms with van der Waals surface area (Å²) in [4.78, 5) is 18.7. The van der Waals surface area contributed by atoms with Crippen LogP contribution in [0.15, 0.2) is 58.2 Å². The zero-order valence-corrected chi connectivity index (χ0v) is 15.5. The lowest BCUT2D eigenvalue weighted by Gasteiger charge is -2.30. The number of carbonyl (C=O) groups is 1. The van der Waals surface area contributed by atoms with E-state index in [4.69, 9.17) is 0 Å². The molecular formula is C19H21BrN4O. The van der Waals surface area contributed by atoms with Crippen molar-refractivity contribution in [2.24, 2.45) is 11.0 Å². The van der Waals surface area contributed by atoms with Crippen molar-refractivity contribution in [2.75, 3.05) is 13.1 Å². The molecule has 1 amide bonds. The second kappa shape index (κ2) is 8.87. The summed E-state index contributed by atoms with van der Waals surface area (Å²) in [6.07, 6.45) is 4.99. The largest absolute Gasteiger partial charge is 0.299 e. The molecule has 2 heterocycles. The fourth-order valence-corrected chi connectivity index (χ4v) is 3.17. The Kier molecular flexibility index (Phi) is 6.30. The van der Waals surface area contributed by atoms with Crippen LogP contribution in [0.5, 0.6) is 0 Å². The van der Waals surface area contributed by atoms with Gasteiger partial charge in [-0.1, -0.05) is 34.1 Å². The third-order valence-corrected chi connectivity index (χ3v) is 4.87. The van der Waals surface area contributed by atoms with E-state index in [-0.39, 0.29) is 11.8 Å². The molecule has 0 spiro atoms. The first-order valence-corrected chi connectivity index (χ1v) is 9.21. The van der Waals surface area contributed by atoms with Crippen LogP contribution in [0.2, 0.25) is 0 Å². The molecule has 6 heteroatoms. The molecule has 1 N–H and O–H groups in total. The normalized spacial score (nSPS) is 16.2. The maximum atomic E-state index is 12.2. The Hall–Kier alpha value is -2.05. The van der Waals surface area contributed by atoms with Crippen LogP contribution >= 0.6 is 15.9 Å². The van der Waals surface area contributed by atoms with Crippen LogP contribution in [0.3, 0.4) is 0 Å². The molecule has 1 aromatic carbocycles.